The lowest BCUT2D eigenvalue weighted by molar-refractivity contribution is -0.0956. The average molecular weight is 214 g/mol. The Bertz CT molecular complexity index is 179. The van der Waals surface area contributed by atoms with Gasteiger partial charge in [0.1, 0.15) is 0 Å². The van der Waals surface area contributed by atoms with E-state index in [1.54, 1.807) is 0 Å². The summed E-state index contributed by atoms with van der Waals surface area (Å²) in [4.78, 5) is 2.31. The number of ether oxygens (including phenoxy) is 2. The van der Waals surface area contributed by atoms with Crippen LogP contribution in [0.15, 0.2) is 0 Å². The van der Waals surface area contributed by atoms with Gasteiger partial charge in [-0.15, -0.1) is 0 Å². The molecule has 0 aromatic heterocycles. The maximum atomic E-state index is 5.60. The van der Waals surface area contributed by atoms with E-state index in [0.29, 0.717) is 0 Å². The van der Waals surface area contributed by atoms with Gasteiger partial charge in [0.25, 0.3) is 0 Å². The largest absolute Gasteiger partial charge is 0.376 e. The first-order chi connectivity index (χ1) is 7.34. The van der Waals surface area contributed by atoms with Gasteiger partial charge in [0.15, 0.2) is 0 Å². The molecule has 4 nitrogen and oxygen atoms in total. The van der Waals surface area contributed by atoms with Crippen LogP contribution in [0.25, 0.3) is 0 Å². The molecular weight excluding hydrogens is 192 g/mol. The van der Waals surface area contributed by atoms with E-state index in [1.165, 1.54) is 12.8 Å². The van der Waals surface area contributed by atoms with E-state index < -0.39 is 0 Å². The van der Waals surface area contributed by atoms with Crippen molar-refractivity contribution in [2.24, 2.45) is 0 Å². The lowest BCUT2D eigenvalue weighted by Gasteiger charge is -2.27. The van der Waals surface area contributed by atoms with Gasteiger partial charge in [-0.05, 0) is 19.9 Å². The summed E-state index contributed by atoms with van der Waals surface area (Å²) in [5, 5.41) is 3.51. The third kappa shape index (κ3) is 4.47. The van der Waals surface area contributed by atoms with Crippen molar-refractivity contribution in [2.75, 3.05) is 46.5 Å². The number of likely N-dealkylation sites (N-methyl/N-ethyl adjacent to an activating group) is 1. The van der Waals surface area contributed by atoms with Gasteiger partial charge in [0, 0.05) is 25.7 Å². The Kier molecular flexibility index (Phi) is 4.38. The van der Waals surface area contributed by atoms with E-state index >= 15 is 0 Å². The van der Waals surface area contributed by atoms with Crippen molar-refractivity contribution in [1.29, 1.82) is 0 Å². The van der Waals surface area contributed by atoms with Crippen LogP contribution in [-0.2, 0) is 9.47 Å². The molecule has 0 aromatic rings. The van der Waals surface area contributed by atoms with Gasteiger partial charge in [-0.3, -0.25) is 0 Å². The Morgan fingerprint density at radius 2 is 2.20 bits per heavy atom. The maximum absolute atomic E-state index is 5.60. The molecule has 0 aromatic carbocycles. The van der Waals surface area contributed by atoms with Crippen LogP contribution in [0.5, 0.6) is 0 Å². The fraction of sp³-hybridized carbons (Fsp3) is 1.00. The second-order valence-electron chi connectivity index (χ2n) is 4.56. The van der Waals surface area contributed by atoms with Crippen LogP contribution in [0.1, 0.15) is 12.8 Å². The van der Waals surface area contributed by atoms with Crippen molar-refractivity contribution < 1.29 is 9.47 Å². The van der Waals surface area contributed by atoms with Gasteiger partial charge in [-0.25, -0.2) is 0 Å². The summed E-state index contributed by atoms with van der Waals surface area (Å²) in [5.41, 5.74) is 0. The van der Waals surface area contributed by atoms with E-state index in [2.05, 4.69) is 17.3 Å². The minimum atomic E-state index is 0.268. The smallest absolute Gasteiger partial charge is 0.0936 e. The Morgan fingerprint density at radius 3 is 2.87 bits per heavy atom. The summed E-state index contributed by atoms with van der Waals surface area (Å²) in [6.07, 6.45) is 3.00. The van der Waals surface area contributed by atoms with Crippen LogP contribution in [0.4, 0.5) is 0 Å². The molecule has 88 valence electrons. The van der Waals surface area contributed by atoms with Crippen LogP contribution < -0.4 is 5.32 Å². The van der Waals surface area contributed by atoms with Gasteiger partial charge in [-0.2, -0.15) is 0 Å². The molecule has 0 amide bonds. The summed E-state index contributed by atoms with van der Waals surface area (Å²) in [5.74, 6) is 0. The van der Waals surface area contributed by atoms with Gasteiger partial charge in [0.05, 0.1) is 25.9 Å². The Morgan fingerprint density at radius 1 is 1.33 bits per heavy atom. The van der Waals surface area contributed by atoms with E-state index in [1.807, 2.05) is 0 Å². The number of hydrogen-bond acceptors (Lipinski definition) is 4. The Labute approximate surface area is 91.9 Å². The highest BCUT2D eigenvalue weighted by Crippen LogP contribution is 2.17. The zero-order chi connectivity index (χ0) is 10.5. The Hall–Kier alpha value is -0.160. The van der Waals surface area contributed by atoms with E-state index in [4.69, 9.17) is 9.47 Å². The van der Waals surface area contributed by atoms with Crippen LogP contribution in [-0.4, -0.2) is 63.5 Å². The van der Waals surface area contributed by atoms with Crippen molar-refractivity contribution in [3.8, 4) is 0 Å². The predicted octanol–water partition coefficient (Wildman–Crippen LogP) is 0.0856. The summed E-state index contributed by atoms with van der Waals surface area (Å²) in [6.45, 7) is 5.42. The fourth-order valence-electron chi connectivity index (χ4n) is 1.83. The number of nitrogens with zero attached hydrogens (tertiary/aromatic N) is 1. The summed E-state index contributed by atoms with van der Waals surface area (Å²) >= 11 is 0. The van der Waals surface area contributed by atoms with Gasteiger partial charge in [-0.1, -0.05) is 0 Å². The summed E-state index contributed by atoms with van der Waals surface area (Å²) in [7, 11) is 2.15. The number of hydrogen-bond donors (Lipinski definition) is 1. The first-order valence-electron chi connectivity index (χ1n) is 5.96. The number of rotatable bonds is 6. The molecule has 0 radical (unpaired) electrons. The van der Waals surface area contributed by atoms with Crippen LogP contribution in [0.2, 0.25) is 0 Å². The van der Waals surface area contributed by atoms with Gasteiger partial charge in [0.2, 0.25) is 0 Å². The second kappa shape index (κ2) is 5.80. The summed E-state index contributed by atoms with van der Waals surface area (Å²) in [6, 6.07) is 0.813. The fourth-order valence-corrected chi connectivity index (χ4v) is 1.83. The SMILES string of the molecule is CN(CCNC1CC1)CC1COCCO1. The monoisotopic (exact) mass is 214 g/mol. The number of nitrogens with one attached hydrogen (secondary N) is 1. The van der Waals surface area contributed by atoms with E-state index in [-0.39, 0.29) is 6.10 Å². The van der Waals surface area contributed by atoms with E-state index in [9.17, 15) is 0 Å². The van der Waals surface area contributed by atoms with Crippen molar-refractivity contribution in [1.82, 2.24) is 10.2 Å². The average Bonchev–Trinajstić information content (AvgIpc) is 3.03. The molecule has 0 bridgehead atoms. The lowest BCUT2D eigenvalue weighted by atomic mass is 10.3. The standard InChI is InChI=1S/C11H22N2O2/c1-13(5-4-12-10-2-3-10)8-11-9-14-6-7-15-11/h10-12H,2-9H2,1H3. The molecule has 1 aliphatic heterocycles. The second-order valence-corrected chi connectivity index (χ2v) is 4.56. The molecular formula is C11H22N2O2. The molecule has 2 aliphatic rings. The van der Waals surface area contributed by atoms with E-state index in [0.717, 1.165) is 45.5 Å². The summed E-state index contributed by atoms with van der Waals surface area (Å²) < 4.78 is 11.0. The molecule has 0 spiro atoms. The molecule has 1 atom stereocenters. The third-order valence-corrected chi connectivity index (χ3v) is 2.90. The van der Waals surface area contributed by atoms with Crippen LogP contribution in [0, 0.1) is 0 Å². The van der Waals surface area contributed by atoms with Gasteiger partial charge >= 0.3 is 0 Å². The van der Waals surface area contributed by atoms with Gasteiger partial charge < -0.3 is 19.7 Å². The minimum Gasteiger partial charge on any atom is -0.376 e. The van der Waals surface area contributed by atoms with Crippen LogP contribution in [0.3, 0.4) is 0 Å². The highest BCUT2D eigenvalue weighted by atomic mass is 16.6. The normalized spacial score (nSPS) is 27.2. The molecule has 2 rings (SSSR count). The molecule has 2 fully saturated rings. The zero-order valence-corrected chi connectivity index (χ0v) is 9.58. The molecule has 1 heterocycles. The maximum Gasteiger partial charge on any atom is 0.0936 e. The first-order valence-corrected chi connectivity index (χ1v) is 5.96. The highest BCUT2D eigenvalue weighted by molar-refractivity contribution is 4.81. The van der Waals surface area contributed by atoms with Crippen molar-refractivity contribution >= 4 is 0 Å². The van der Waals surface area contributed by atoms with Crippen molar-refractivity contribution in [3.63, 3.8) is 0 Å². The molecule has 1 aliphatic carbocycles. The molecule has 15 heavy (non-hydrogen) atoms. The minimum absolute atomic E-state index is 0.268. The molecule has 1 unspecified atom stereocenters. The molecule has 4 heteroatoms. The third-order valence-electron chi connectivity index (χ3n) is 2.90. The zero-order valence-electron chi connectivity index (χ0n) is 9.58. The highest BCUT2D eigenvalue weighted by Gasteiger charge is 2.20. The van der Waals surface area contributed by atoms with Crippen molar-refractivity contribution in [2.45, 2.75) is 25.0 Å². The lowest BCUT2D eigenvalue weighted by Crippen LogP contribution is -2.40. The predicted molar refractivity (Wildman–Crippen MR) is 59.1 cm³/mol. The molecule has 1 saturated carbocycles. The van der Waals surface area contributed by atoms with Crippen molar-refractivity contribution in [3.05, 3.63) is 0 Å². The Balaban J connectivity index is 1.51. The topological polar surface area (TPSA) is 33.7 Å². The molecule has 1 saturated heterocycles. The quantitative estimate of drug-likeness (QED) is 0.679. The molecule has 1 N–H and O–H groups in total. The van der Waals surface area contributed by atoms with Crippen LogP contribution >= 0.6 is 0 Å². The first kappa shape index (κ1) is 11.3.